The minimum Gasteiger partial charge on any atom is -0.469 e. The Hall–Kier alpha value is -1.92. The van der Waals surface area contributed by atoms with E-state index in [9.17, 15) is 9.59 Å². The van der Waals surface area contributed by atoms with Gasteiger partial charge in [-0.1, -0.05) is 18.2 Å². The van der Waals surface area contributed by atoms with E-state index in [1.165, 1.54) is 7.11 Å². The summed E-state index contributed by atoms with van der Waals surface area (Å²) in [6.45, 7) is 3.90. The third-order valence-corrected chi connectivity index (χ3v) is 3.45. The normalized spacial score (nSPS) is 21.1. The van der Waals surface area contributed by atoms with Crippen LogP contribution >= 0.6 is 0 Å². The zero-order valence-corrected chi connectivity index (χ0v) is 13.0. The minimum absolute atomic E-state index is 0.0270. The monoisotopic (exact) mass is 307 g/mol. The Morgan fingerprint density at radius 1 is 1.36 bits per heavy atom. The summed E-state index contributed by atoms with van der Waals surface area (Å²) in [6.07, 6.45) is -0.374. The summed E-state index contributed by atoms with van der Waals surface area (Å²) in [5.41, 5.74) is 0.524. The Balaban J connectivity index is 2.08. The maximum absolute atomic E-state index is 12.3. The van der Waals surface area contributed by atoms with Crippen molar-refractivity contribution in [1.29, 1.82) is 0 Å². The van der Waals surface area contributed by atoms with Crippen LogP contribution in [0.5, 0.6) is 0 Å². The van der Waals surface area contributed by atoms with Crippen molar-refractivity contribution in [1.82, 2.24) is 5.32 Å². The largest absolute Gasteiger partial charge is 0.469 e. The molecule has 1 amide bonds. The molecule has 6 heteroatoms. The Morgan fingerprint density at radius 3 is 2.59 bits per heavy atom. The Labute approximate surface area is 129 Å². The zero-order chi connectivity index (χ0) is 16.2. The van der Waals surface area contributed by atoms with E-state index in [-0.39, 0.29) is 12.3 Å². The fourth-order valence-electron chi connectivity index (χ4n) is 2.29. The van der Waals surface area contributed by atoms with E-state index < -0.39 is 23.9 Å². The van der Waals surface area contributed by atoms with E-state index in [0.29, 0.717) is 12.2 Å². The molecule has 6 nitrogen and oxygen atoms in total. The maximum Gasteiger partial charge on any atom is 0.307 e. The van der Waals surface area contributed by atoms with Gasteiger partial charge in [0, 0.05) is 5.56 Å². The Morgan fingerprint density at radius 2 is 2.05 bits per heavy atom. The second-order valence-electron chi connectivity index (χ2n) is 5.59. The number of amides is 1. The highest BCUT2D eigenvalue weighted by Gasteiger charge is 2.39. The van der Waals surface area contributed by atoms with Gasteiger partial charge in [-0.05, 0) is 26.0 Å². The van der Waals surface area contributed by atoms with Crippen molar-refractivity contribution < 1.29 is 23.8 Å². The van der Waals surface area contributed by atoms with Crippen molar-refractivity contribution in [3.05, 3.63) is 35.9 Å². The molecule has 1 saturated heterocycles. The molecule has 0 radical (unpaired) electrons. The number of esters is 1. The van der Waals surface area contributed by atoms with Crippen LogP contribution in [0, 0.1) is 0 Å². The van der Waals surface area contributed by atoms with Crippen LogP contribution in [0.3, 0.4) is 0 Å². The zero-order valence-electron chi connectivity index (χ0n) is 13.0. The van der Waals surface area contributed by atoms with Gasteiger partial charge >= 0.3 is 5.97 Å². The molecule has 1 aliphatic rings. The van der Waals surface area contributed by atoms with Gasteiger partial charge in [0.1, 0.15) is 6.10 Å². The second kappa shape index (κ2) is 6.89. The summed E-state index contributed by atoms with van der Waals surface area (Å²) >= 11 is 0. The van der Waals surface area contributed by atoms with Gasteiger partial charge in [-0.25, -0.2) is 0 Å². The highest BCUT2D eigenvalue weighted by atomic mass is 16.7. The van der Waals surface area contributed by atoms with Crippen molar-refractivity contribution in [3.8, 4) is 0 Å². The molecule has 22 heavy (non-hydrogen) atoms. The molecule has 0 aromatic heterocycles. The molecule has 2 atom stereocenters. The van der Waals surface area contributed by atoms with E-state index in [1.54, 1.807) is 38.1 Å². The van der Waals surface area contributed by atoms with Gasteiger partial charge in [0.05, 0.1) is 26.2 Å². The lowest BCUT2D eigenvalue weighted by molar-refractivity contribution is -0.149. The summed E-state index contributed by atoms with van der Waals surface area (Å²) < 4.78 is 16.0. The highest BCUT2D eigenvalue weighted by molar-refractivity contribution is 5.94. The van der Waals surface area contributed by atoms with Crippen LogP contribution in [0.15, 0.2) is 30.3 Å². The SMILES string of the molecule is COC(=O)C[C@@H](NC(=O)c1ccccc1)[C@H]1COC(C)(C)O1. The van der Waals surface area contributed by atoms with Crippen LogP contribution in [0.1, 0.15) is 30.6 Å². The van der Waals surface area contributed by atoms with Crippen LogP contribution in [0.2, 0.25) is 0 Å². The standard InChI is InChI=1S/C16H21NO5/c1-16(2)21-10-13(22-16)12(9-14(18)20-3)17-15(19)11-7-5-4-6-8-11/h4-8,12-13H,9-10H2,1-3H3,(H,17,19)/t12-,13-/m1/s1. The number of carbonyl (C=O) groups excluding carboxylic acids is 2. The average Bonchev–Trinajstić information content (AvgIpc) is 2.87. The first-order valence-electron chi connectivity index (χ1n) is 7.16. The number of hydrogen-bond donors (Lipinski definition) is 1. The van der Waals surface area contributed by atoms with Gasteiger partial charge in [-0.2, -0.15) is 0 Å². The molecule has 1 aromatic rings. The van der Waals surface area contributed by atoms with Crippen LogP contribution < -0.4 is 5.32 Å². The smallest absolute Gasteiger partial charge is 0.307 e. The van der Waals surface area contributed by atoms with E-state index in [4.69, 9.17) is 14.2 Å². The van der Waals surface area contributed by atoms with Gasteiger partial charge in [-0.15, -0.1) is 0 Å². The fourth-order valence-corrected chi connectivity index (χ4v) is 2.29. The quantitative estimate of drug-likeness (QED) is 0.835. The number of ether oxygens (including phenoxy) is 3. The minimum atomic E-state index is -0.726. The maximum atomic E-state index is 12.3. The first-order valence-corrected chi connectivity index (χ1v) is 7.16. The van der Waals surface area contributed by atoms with Gasteiger partial charge in [0.2, 0.25) is 0 Å². The molecule has 0 unspecified atom stereocenters. The van der Waals surface area contributed by atoms with E-state index in [2.05, 4.69) is 5.32 Å². The molecule has 1 aliphatic heterocycles. The Kier molecular flexibility index (Phi) is 5.15. The second-order valence-corrected chi connectivity index (χ2v) is 5.59. The predicted octanol–water partition coefficient (Wildman–Crippen LogP) is 1.50. The van der Waals surface area contributed by atoms with Crippen LogP contribution in [0.4, 0.5) is 0 Å². The first kappa shape index (κ1) is 16.5. The van der Waals surface area contributed by atoms with Crippen molar-refractivity contribution in [2.45, 2.75) is 38.2 Å². The molecule has 0 bridgehead atoms. The highest BCUT2D eigenvalue weighted by Crippen LogP contribution is 2.25. The lowest BCUT2D eigenvalue weighted by Gasteiger charge is -2.24. The number of rotatable bonds is 5. The molecule has 0 aliphatic carbocycles. The average molecular weight is 307 g/mol. The van der Waals surface area contributed by atoms with Crippen molar-refractivity contribution >= 4 is 11.9 Å². The summed E-state index contributed by atoms with van der Waals surface area (Å²) in [6, 6.07) is 8.30. The molecule has 1 N–H and O–H groups in total. The van der Waals surface area contributed by atoms with Crippen LogP contribution in [-0.2, 0) is 19.0 Å². The number of nitrogens with one attached hydrogen (secondary N) is 1. The van der Waals surface area contributed by atoms with E-state index >= 15 is 0 Å². The molecule has 1 heterocycles. The summed E-state index contributed by atoms with van der Waals surface area (Å²) in [5.74, 6) is -1.40. The summed E-state index contributed by atoms with van der Waals surface area (Å²) in [4.78, 5) is 23.9. The molecule has 2 rings (SSSR count). The third kappa shape index (κ3) is 4.29. The van der Waals surface area contributed by atoms with Gasteiger partial charge in [0.25, 0.3) is 5.91 Å². The van der Waals surface area contributed by atoms with Crippen LogP contribution in [0.25, 0.3) is 0 Å². The third-order valence-electron chi connectivity index (χ3n) is 3.45. The van der Waals surface area contributed by atoms with Gasteiger partial charge in [-0.3, -0.25) is 9.59 Å². The lowest BCUT2D eigenvalue weighted by atomic mass is 10.1. The van der Waals surface area contributed by atoms with Crippen molar-refractivity contribution in [3.63, 3.8) is 0 Å². The first-order chi connectivity index (χ1) is 10.4. The van der Waals surface area contributed by atoms with Crippen LogP contribution in [-0.4, -0.2) is 43.5 Å². The topological polar surface area (TPSA) is 73.9 Å². The molecule has 0 saturated carbocycles. The van der Waals surface area contributed by atoms with E-state index in [0.717, 1.165) is 0 Å². The number of benzene rings is 1. The molecular formula is C16H21NO5. The van der Waals surface area contributed by atoms with Crippen molar-refractivity contribution in [2.75, 3.05) is 13.7 Å². The summed E-state index contributed by atoms with van der Waals surface area (Å²) in [7, 11) is 1.31. The number of carbonyl (C=O) groups is 2. The summed E-state index contributed by atoms with van der Waals surface area (Å²) in [5, 5.41) is 2.83. The number of methoxy groups -OCH3 is 1. The molecule has 0 spiro atoms. The van der Waals surface area contributed by atoms with Gasteiger partial charge < -0.3 is 19.5 Å². The number of hydrogen-bond acceptors (Lipinski definition) is 5. The molecule has 120 valence electrons. The molecule has 1 aromatic carbocycles. The molecular weight excluding hydrogens is 286 g/mol. The van der Waals surface area contributed by atoms with Crippen molar-refractivity contribution in [2.24, 2.45) is 0 Å². The Bertz CT molecular complexity index is 529. The predicted molar refractivity (Wildman–Crippen MR) is 79.2 cm³/mol. The lowest BCUT2D eigenvalue weighted by Crippen LogP contribution is -2.46. The van der Waals surface area contributed by atoms with Gasteiger partial charge in [0.15, 0.2) is 5.79 Å². The van der Waals surface area contributed by atoms with E-state index in [1.807, 2.05) is 6.07 Å². The molecule has 1 fully saturated rings. The fraction of sp³-hybridized carbons (Fsp3) is 0.500.